The van der Waals surface area contributed by atoms with Gasteiger partial charge in [0.1, 0.15) is 0 Å². The number of amides is 1. The molecular formula is C18H32N4O. The second-order valence-corrected chi connectivity index (χ2v) is 7.30. The highest BCUT2D eigenvalue weighted by Crippen LogP contribution is 2.18. The monoisotopic (exact) mass is 320 g/mol. The molecule has 1 fully saturated rings. The Balaban J connectivity index is 1.75. The van der Waals surface area contributed by atoms with E-state index >= 15 is 0 Å². The Morgan fingerprint density at radius 1 is 1.30 bits per heavy atom. The van der Waals surface area contributed by atoms with E-state index in [2.05, 4.69) is 36.1 Å². The average Bonchev–Trinajstić information content (AvgIpc) is 2.84. The van der Waals surface area contributed by atoms with E-state index in [4.69, 9.17) is 0 Å². The molecule has 0 spiro atoms. The van der Waals surface area contributed by atoms with Crippen LogP contribution in [0.5, 0.6) is 0 Å². The van der Waals surface area contributed by atoms with E-state index in [1.165, 1.54) is 12.8 Å². The number of rotatable bonds is 6. The van der Waals surface area contributed by atoms with E-state index in [1.54, 1.807) is 0 Å². The van der Waals surface area contributed by atoms with Gasteiger partial charge in [-0.1, -0.05) is 6.92 Å². The van der Waals surface area contributed by atoms with E-state index in [9.17, 15) is 4.79 Å². The minimum atomic E-state index is 0.0924. The van der Waals surface area contributed by atoms with E-state index in [0.29, 0.717) is 12.5 Å². The van der Waals surface area contributed by atoms with Gasteiger partial charge in [0.05, 0.1) is 11.7 Å². The maximum Gasteiger partial charge on any atom is 0.222 e. The Hall–Kier alpha value is -1.36. The highest BCUT2D eigenvalue weighted by Gasteiger charge is 2.21. The van der Waals surface area contributed by atoms with Crippen LogP contribution < -0.4 is 5.32 Å². The number of likely N-dealkylation sites (tertiary alicyclic amines) is 1. The highest BCUT2D eigenvalue weighted by molar-refractivity contribution is 5.76. The summed E-state index contributed by atoms with van der Waals surface area (Å²) >= 11 is 0. The Morgan fingerprint density at radius 2 is 1.96 bits per heavy atom. The number of piperidine rings is 1. The molecule has 0 saturated carbocycles. The summed E-state index contributed by atoms with van der Waals surface area (Å²) in [5, 5.41) is 7.56. The lowest BCUT2D eigenvalue weighted by Crippen LogP contribution is -2.45. The first kappa shape index (κ1) is 18.0. The van der Waals surface area contributed by atoms with Crippen molar-refractivity contribution in [3.63, 3.8) is 0 Å². The highest BCUT2D eigenvalue weighted by atomic mass is 16.1. The maximum atomic E-state index is 12.2. The molecule has 0 aromatic carbocycles. The first-order valence-electron chi connectivity index (χ1n) is 8.90. The smallest absolute Gasteiger partial charge is 0.222 e. The molecule has 2 heterocycles. The van der Waals surface area contributed by atoms with Gasteiger partial charge in [-0.15, -0.1) is 0 Å². The molecule has 0 unspecified atom stereocenters. The number of carbonyl (C=O) groups is 1. The molecule has 1 N–H and O–H groups in total. The van der Waals surface area contributed by atoms with Crippen molar-refractivity contribution in [1.29, 1.82) is 0 Å². The zero-order chi connectivity index (χ0) is 17.0. The fourth-order valence-electron chi connectivity index (χ4n) is 3.38. The minimum absolute atomic E-state index is 0.0924. The maximum absolute atomic E-state index is 12.2. The second-order valence-electron chi connectivity index (χ2n) is 7.30. The Morgan fingerprint density at radius 3 is 2.52 bits per heavy atom. The Bertz CT molecular complexity index is 517. The van der Waals surface area contributed by atoms with E-state index in [-0.39, 0.29) is 11.9 Å². The topological polar surface area (TPSA) is 50.2 Å². The molecule has 2 atom stereocenters. The van der Waals surface area contributed by atoms with Crippen molar-refractivity contribution in [3.05, 3.63) is 17.5 Å². The van der Waals surface area contributed by atoms with Crippen LogP contribution in [0.15, 0.2) is 6.07 Å². The first-order valence-corrected chi connectivity index (χ1v) is 8.90. The number of nitrogens with zero attached hydrogens (tertiary/aromatic N) is 3. The summed E-state index contributed by atoms with van der Waals surface area (Å²) < 4.78 is 1.95. The summed E-state index contributed by atoms with van der Waals surface area (Å²) in [7, 11) is 0. The van der Waals surface area contributed by atoms with Gasteiger partial charge in [-0.3, -0.25) is 14.4 Å². The summed E-state index contributed by atoms with van der Waals surface area (Å²) in [6, 6.07) is 2.55. The lowest BCUT2D eigenvalue weighted by Gasteiger charge is -2.35. The predicted molar refractivity (Wildman–Crippen MR) is 93.5 cm³/mol. The zero-order valence-corrected chi connectivity index (χ0v) is 15.3. The SMILES string of the molecule is Cc1cc(C)n([C@@H](C)CC(=O)NC[C@H](C)N2CCC(C)CC2)n1. The molecule has 5 nitrogen and oxygen atoms in total. The van der Waals surface area contributed by atoms with Crippen molar-refractivity contribution in [2.24, 2.45) is 5.92 Å². The molecule has 1 amide bonds. The van der Waals surface area contributed by atoms with Crippen LogP contribution in [0.4, 0.5) is 0 Å². The quantitative estimate of drug-likeness (QED) is 0.877. The summed E-state index contributed by atoms with van der Waals surface area (Å²) in [4.78, 5) is 14.7. The lowest BCUT2D eigenvalue weighted by molar-refractivity contribution is -0.122. The van der Waals surface area contributed by atoms with Crippen LogP contribution in [0, 0.1) is 19.8 Å². The summed E-state index contributed by atoms with van der Waals surface area (Å²) in [6.07, 6.45) is 3.02. The third kappa shape index (κ3) is 5.06. The lowest BCUT2D eigenvalue weighted by atomic mass is 9.98. The van der Waals surface area contributed by atoms with Gasteiger partial charge in [0, 0.05) is 24.7 Å². The van der Waals surface area contributed by atoms with Crippen LogP contribution in [-0.4, -0.2) is 46.3 Å². The van der Waals surface area contributed by atoms with Gasteiger partial charge in [-0.2, -0.15) is 5.10 Å². The largest absolute Gasteiger partial charge is 0.354 e. The number of hydrogen-bond acceptors (Lipinski definition) is 3. The first-order chi connectivity index (χ1) is 10.9. The Kier molecular flexibility index (Phi) is 6.22. The van der Waals surface area contributed by atoms with Gasteiger partial charge in [0.15, 0.2) is 0 Å². The third-order valence-corrected chi connectivity index (χ3v) is 4.98. The molecule has 1 aliphatic rings. The number of aromatic nitrogens is 2. The number of nitrogens with one attached hydrogen (secondary N) is 1. The van der Waals surface area contributed by atoms with Crippen LogP contribution in [-0.2, 0) is 4.79 Å². The second kappa shape index (κ2) is 7.95. The molecule has 23 heavy (non-hydrogen) atoms. The van der Waals surface area contributed by atoms with E-state index < -0.39 is 0 Å². The minimum Gasteiger partial charge on any atom is -0.354 e. The van der Waals surface area contributed by atoms with Crippen molar-refractivity contribution < 1.29 is 4.79 Å². The standard InChI is InChI=1S/C18H32N4O/c1-13-6-8-21(9-7-13)17(5)12-19-18(23)11-16(4)22-15(3)10-14(2)20-22/h10,13,16-17H,6-9,11-12H2,1-5H3,(H,19,23)/t16-,17-/m0/s1. The van der Waals surface area contributed by atoms with Crippen molar-refractivity contribution in [2.45, 2.75) is 66.0 Å². The molecule has 1 aromatic rings. The fourth-order valence-corrected chi connectivity index (χ4v) is 3.38. The zero-order valence-electron chi connectivity index (χ0n) is 15.3. The van der Waals surface area contributed by atoms with Gasteiger partial charge in [0.2, 0.25) is 5.91 Å². The van der Waals surface area contributed by atoms with E-state index in [0.717, 1.165) is 36.9 Å². The normalized spacial score (nSPS) is 19.5. The summed E-state index contributed by atoms with van der Waals surface area (Å²) in [5.41, 5.74) is 2.11. The molecular weight excluding hydrogens is 288 g/mol. The van der Waals surface area contributed by atoms with Crippen LogP contribution >= 0.6 is 0 Å². The average molecular weight is 320 g/mol. The molecule has 1 aromatic heterocycles. The molecule has 0 bridgehead atoms. The molecule has 0 radical (unpaired) electrons. The number of aryl methyl sites for hydroxylation is 2. The molecule has 5 heteroatoms. The van der Waals surface area contributed by atoms with Crippen molar-refractivity contribution in [2.75, 3.05) is 19.6 Å². The summed E-state index contributed by atoms with van der Waals surface area (Å²) in [5.74, 6) is 0.955. The van der Waals surface area contributed by atoms with Crippen molar-refractivity contribution in [1.82, 2.24) is 20.0 Å². The van der Waals surface area contributed by atoms with Crippen LogP contribution in [0.1, 0.15) is 57.5 Å². The predicted octanol–water partition coefficient (Wildman–Crippen LogP) is 2.69. The van der Waals surface area contributed by atoms with Crippen LogP contribution in [0.3, 0.4) is 0 Å². The number of carbonyl (C=O) groups excluding carboxylic acids is 1. The molecule has 1 saturated heterocycles. The van der Waals surface area contributed by atoms with Gasteiger partial charge in [-0.05, 0) is 65.6 Å². The fraction of sp³-hybridized carbons (Fsp3) is 0.778. The molecule has 2 rings (SSSR count). The molecule has 1 aliphatic heterocycles. The summed E-state index contributed by atoms with van der Waals surface area (Å²) in [6.45, 7) is 13.6. The van der Waals surface area contributed by atoms with Crippen LogP contribution in [0.25, 0.3) is 0 Å². The van der Waals surface area contributed by atoms with Crippen molar-refractivity contribution in [3.8, 4) is 0 Å². The van der Waals surface area contributed by atoms with E-state index in [1.807, 2.05) is 24.6 Å². The number of hydrogen-bond donors (Lipinski definition) is 1. The molecule has 130 valence electrons. The van der Waals surface area contributed by atoms with Crippen molar-refractivity contribution >= 4 is 5.91 Å². The van der Waals surface area contributed by atoms with Crippen LogP contribution in [0.2, 0.25) is 0 Å². The third-order valence-electron chi connectivity index (χ3n) is 4.98. The van der Waals surface area contributed by atoms with Gasteiger partial charge >= 0.3 is 0 Å². The van der Waals surface area contributed by atoms with Gasteiger partial charge in [0.25, 0.3) is 0 Å². The van der Waals surface area contributed by atoms with Gasteiger partial charge in [-0.25, -0.2) is 0 Å². The Labute approximate surface area is 140 Å². The molecule has 0 aliphatic carbocycles. The van der Waals surface area contributed by atoms with Gasteiger partial charge < -0.3 is 5.32 Å².